The first kappa shape index (κ1) is 12.8. The molecular formula is C10H15N3O2S. The fourth-order valence-electron chi connectivity index (χ4n) is 1.16. The van der Waals surface area contributed by atoms with E-state index < -0.39 is 0 Å². The van der Waals surface area contributed by atoms with Crippen LogP contribution in [0.4, 0.5) is 0 Å². The molecule has 0 fully saturated rings. The van der Waals surface area contributed by atoms with E-state index in [-0.39, 0.29) is 17.2 Å². The van der Waals surface area contributed by atoms with Crippen molar-refractivity contribution in [1.29, 1.82) is 0 Å². The molecule has 16 heavy (non-hydrogen) atoms. The van der Waals surface area contributed by atoms with E-state index >= 15 is 0 Å². The van der Waals surface area contributed by atoms with E-state index in [1.54, 1.807) is 0 Å². The molecule has 0 radical (unpaired) electrons. The normalized spacial score (nSPS) is 10.1. The van der Waals surface area contributed by atoms with Crippen LogP contribution in [-0.2, 0) is 5.75 Å². The number of amides is 1. The quantitative estimate of drug-likeness (QED) is 0.798. The number of rotatable bonds is 5. The molecule has 1 amide bonds. The van der Waals surface area contributed by atoms with Crippen molar-refractivity contribution >= 4 is 17.7 Å². The van der Waals surface area contributed by atoms with Crippen LogP contribution >= 0.6 is 11.8 Å². The van der Waals surface area contributed by atoms with E-state index in [1.807, 2.05) is 13.2 Å². The summed E-state index contributed by atoms with van der Waals surface area (Å²) in [5.74, 6) is 0.821. The number of nitrogens with zero attached hydrogens (tertiary/aromatic N) is 1. The van der Waals surface area contributed by atoms with Gasteiger partial charge >= 0.3 is 0 Å². The Balaban J connectivity index is 2.86. The molecule has 88 valence electrons. The van der Waals surface area contributed by atoms with Gasteiger partial charge in [0, 0.05) is 12.6 Å². The van der Waals surface area contributed by atoms with Crippen molar-refractivity contribution in [2.24, 2.45) is 0 Å². The molecule has 5 nitrogen and oxygen atoms in total. The van der Waals surface area contributed by atoms with Crippen molar-refractivity contribution in [3.63, 3.8) is 0 Å². The Morgan fingerprint density at radius 1 is 1.62 bits per heavy atom. The number of aromatic nitrogens is 2. The summed E-state index contributed by atoms with van der Waals surface area (Å²) in [7, 11) is 0. The van der Waals surface area contributed by atoms with Crippen molar-refractivity contribution in [1.82, 2.24) is 15.3 Å². The molecule has 6 heteroatoms. The summed E-state index contributed by atoms with van der Waals surface area (Å²) >= 11 is 1.54. The first-order valence-electron chi connectivity index (χ1n) is 5.04. The number of carbonyl (C=O) groups is 1. The zero-order valence-electron chi connectivity index (χ0n) is 9.37. The van der Waals surface area contributed by atoms with Crippen LogP contribution < -0.4 is 10.9 Å². The smallest absolute Gasteiger partial charge is 0.270 e. The second-order valence-corrected chi connectivity index (χ2v) is 4.13. The summed E-state index contributed by atoms with van der Waals surface area (Å²) < 4.78 is 0. The molecule has 1 rings (SSSR count). The van der Waals surface area contributed by atoms with Crippen molar-refractivity contribution < 1.29 is 4.79 Å². The first-order valence-corrected chi connectivity index (χ1v) is 6.44. The lowest BCUT2D eigenvalue weighted by molar-refractivity contribution is 0.0948. The molecule has 0 spiro atoms. The average molecular weight is 241 g/mol. The van der Waals surface area contributed by atoms with Gasteiger partial charge in [0.15, 0.2) is 0 Å². The highest BCUT2D eigenvalue weighted by molar-refractivity contribution is 7.97. The highest BCUT2D eigenvalue weighted by atomic mass is 32.2. The van der Waals surface area contributed by atoms with E-state index in [2.05, 4.69) is 15.3 Å². The minimum absolute atomic E-state index is 0.182. The second-order valence-electron chi connectivity index (χ2n) is 3.27. The standard InChI is InChI=1S/C10H15N3O2S/c1-3-4-11-10(15)7-5-9(14)13-8(12-7)6-16-2/h5H,3-4,6H2,1-2H3,(H,11,15)(H,12,13,14). The van der Waals surface area contributed by atoms with Crippen LogP contribution in [0.5, 0.6) is 0 Å². The lowest BCUT2D eigenvalue weighted by Gasteiger charge is -2.04. The molecule has 0 aromatic carbocycles. The van der Waals surface area contributed by atoms with Crippen LogP contribution in [0.1, 0.15) is 29.7 Å². The third kappa shape index (κ3) is 3.69. The van der Waals surface area contributed by atoms with Crippen LogP contribution in [0.2, 0.25) is 0 Å². The van der Waals surface area contributed by atoms with Crippen LogP contribution in [0.3, 0.4) is 0 Å². The van der Waals surface area contributed by atoms with Gasteiger partial charge in [0.05, 0.1) is 5.75 Å². The van der Waals surface area contributed by atoms with Crippen molar-refractivity contribution in [3.05, 3.63) is 27.9 Å². The van der Waals surface area contributed by atoms with Gasteiger partial charge in [0.25, 0.3) is 11.5 Å². The van der Waals surface area contributed by atoms with Crippen molar-refractivity contribution in [2.45, 2.75) is 19.1 Å². The van der Waals surface area contributed by atoms with Crippen LogP contribution in [0.15, 0.2) is 10.9 Å². The second kappa shape index (κ2) is 6.32. The summed E-state index contributed by atoms with van der Waals surface area (Å²) in [4.78, 5) is 29.5. The molecule has 0 bridgehead atoms. The average Bonchev–Trinajstić information content (AvgIpc) is 2.25. The topological polar surface area (TPSA) is 74.8 Å². The van der Waals surface area contributed by atoms with Crippen molar-refractivity contribution in [2.75, 3.05) is 12.8 Å². The Morgan fingerprint density at radius 3 is 3.00 bits per heavy atom. The summed E-state index contributed by atoms with van der Waals surface area (Å²) in [6.45, 7) is 2.55. The predicted molar refractivity (Wildman–Crippen MR) is 64.7 cm³/mol. The lowest BCUT2D eigenvalue weighted by Crippen LogP contribution is -2.27. The maximum absolute atomic E-state index is 11.6. The summed E-state index contributed by atoms with van der Waals surface area (Å²) in [5.41, 5.74) is -0.109. The minimum atomic E-state index is -0.296. The monoisotopic (exact) mass is 241 g/mol. The van der Waals surface area contributed by atoms with E-state index in [0.717, 1.165) is 6.42 Å². The number of nitrogens with one attached hydrogen (secondary N) is 2. The highest BCUT2D eigenvalue weighted by Crippen LogP contribution is 2.02. The van der Waals surface area contributed by atoms with Crippen LogP contribution in [0.25, 0.3) is 0 Å². The summed E-state index contributed by atoms with van der Waals surface area (Å²) in [6.07, 6.45) is 2.76. The Labute approximate surface area is 98.1 Å². The number of H-pyrrole nitrogens is 1. The number of hydrogen-bond donors (Lipinski definition) is 2. The minimum Gasteiger partial charge on any atom is -0.351 e. The Kier molecular flexibility index (Phi) is 5.04. The molecule has 0 saturated heterocycles. The number of thioether (sulfide) groups is 1. The van der Waals surface area contributed by atoms with Crippen molar-refractivity contribution in [3.8, 4) is 0 Å². The molecule has 1 aromatic heterocycles. The van der Waals surface area contributed by atoms with Gasteiger partial charge in [-0.3, -0.25) is 9.59 Å². The molecule has 0 aliphatic heterocycles. The molecule has 0 aliphatic rings. The molecule has 1 heterocycles. The van der Waals surface area contributed by atoms with Crippen LogP contribution in [0, 0.1) is 0 Å². The van der Waals surface area contributed by atoms with Gasteiger partial charge in [-0.25, -0.2) is 4.98 Å². The lowest BCUT2D eigenvalue weighted by atomic mass is 10.3. The van der Waals surface area contributed by atoms with Crippen LogP contribution in [-0.4, -0.2) is 28.7 Å². The zero-order chi connectivity index (χ0) is 12.0. The van der Waals surface area contributed by atoms with Gasteiger partial charge in [-0.1, -0.05) is 6.92 Å². The molecular weight excluding hydrogens is 226 g/mol. The van der Waals surface area contributed by atoms with E-state index in [1.165, 1.54) is 17.8 Å². The van der Waals surface area contributed by atoms with E-state index in [4.69, 9.17) is 0 Å². The molecule has 0 atom stereocenters. The largest absolute Gasteiger partial charge is 0.351 e. The van der Waals surface area contributed by atoms with E-state index in [0.29, 0.717) is 18.1 Å². The molecule has 0 aliphatic carbocycles. The Bertz CT molecular complexity index is 417. The maximum atomic E-state index is 11.6. The van der Waals surface area contributed by atoms with Gasteiger partial charge in [-0.2, -0.15) is 11.8 Å². The SMILES string of the molecule is CCCNC(=O)c1cc(=O)[nH]c(CSC)n1. The fourth-order valence-corrected chi connectivity index (χ4v) is 1.57. The zero-order valence-corrected chi connectivity index (χ0v) is 10.2. The molecule has 2 N–H and O–H groups in total. The third-order valence-corrected chi connectivity index (χ3v) is 2.40. The number of hydrogen-bond acceptors (Lipinski definition) is 4. The summed E-state index contributed by atoms with van der Waals surface area (Å²) in [6, 6.07) is 1.22. The predicted octanol–water partition coefficient (Wildman–Crippen LogP) is 0.773. The maximum Gasteiger partial charge on any atom is 0.270 e. The van der Waals surface area contributed by atoms with E-state index in [9.17, 15) is 9.59 Å². The van der Waals surface area contributed by atoms with Gasteiger partial charge < -0.3 is 10.3 Å². The number of aromatic amines is 1. The number of carbonyl (C=O) groups excluding carboxylic acids is 1. The molecule has 0 saturated carbocycles. The third-order valence-electron chi connectivity index (χ3n) is 1.84. The fraction of sp³-hybridized carbons (Fsp3) is 0.500. The van der Waals surface area contributed by atoms with Gasteiger partial charge in [-0.15, -0.1) is 0 Å². The Morgan fingerprint density at radius 2 is 2.38 bits per heavy atom. The first-order chi connectivity index (χ1) is 7.67. The van der Waals surface area contributed by atoms with Gasteiger partial charge in [-0.05, 0) is 12.7 Å². The Hall–Kier alpha value is -1.30. The van der Waals surface area contributed by atoms with Gasteiger partial charge in [0.1, 0.15) is 11.5 Å². The molecule has 1 aromatic rings. The van der Waals surface area contributed by atoms with Gasteiger partial charge in [0.2, 0.25) is 0 Å². The summed E-state index contributed by atoms with van der Waals surface area (Å²) in [5, 5.41) is 2.68. The highest BCUT2D eigenvalue weighted by Gasteiger charge is 2.08. The molecule has 0 unspecified atom stereocenters.